The van der Waals surface area contributed by atoms with E-state index in [0.29, 0.717) is 5.56 Å². The highest BCUT2D eigenvalue weighted by Crippen LogP contribution is 2.43. The fourth-order valence-corrected chi connectivity index (χ4v) is 4.47. The van der Waals surface area contributed by atoms with Crippen molar-refractivity contribution >= 4 is 29.8 Å². The lowest BCUT2D eigenvalue weighted by atomic mass is 9.68. The van der Waals surface area contributed by atoms with Gasteiger partial charge in [-0.25, -0.2) is 14.4 Å². The summed E-state index contributed by atoms with van der Waals surface area (Å²) in [6.07, 6.45) is -1.81. The van der Waals surface area contributed by atoms with E-state index in [1.54, 1.807) is 53.7 Å². The fraction of sp³-hybridized carbons (Fsp3) is 0.429. The molecular weight excluding hydrogens is 538 g/mol. The molecule has 13 nitrogen and oxygen atoms in total. The minimum Gasteiger partial charge on any atom is -0.481 e. The van der Waals surface area contributed by atoms with E-state index >= 15 is 0 Å². The number of nitro benzene ring substituents is 1. The van der Waals surface area contributed by atoms with Gasteiger partial charge in [-0.15, -0.1) is 0 Å². The van der Waals surface area contributed by atoms with Gasteiger partial charge in [0.2, 0.25) is 0 Å². The van der Waals surface area contributed by atoms with Crippen LogP contribution in [0.3, 0.4) is 0 Å². The summed E-state index contributed by atoms with van der Waals surface area (Å²) in [6.45, 7) is 9.99. The lowest BCUT2D eigenvalue weighted by molar-refractivity contribution is -0.384. The van der Waals surface area contributed by atoms with Gasteiger partial charge < -0.3 is 29.9 Å². The lowest BCUT2D eigenvalue weighted by Gasteiger charge is -2.54. The molecule has 0 saturated carbocycles. The number of hydrogen-bond donors (Lipinski definition) is 3. The van der Waals surface area contributed by atoms with Crippen LogP contribution in [0.4, 0.5) is 15.3 Å². The number of carboxylic acid groups (broad SMARTS) is 2. The van der Waals surface area contributed by atoms with Gasteiger partial charge in [0, 0.05) is 30.6 Å². The van der Waals surface area contributed by atoms with Crippen molar-refractivity contribution in [2.24, 2.45) is 5.41 Å². The zero-order chi connectivity index (χ0) is 31.2. The second-order valence-corrected chi connectivity index (χ2v) is 11.3. The number of carbonyl (C=O) groups excluding carboxylic acids is 2. The molecule has 0 radical (unpaired) electrons. The molecule has 0 fully saturated rings. The Hall–Kier alpha value is -4.68. The molecule has 1 atom stereocenters. The van der Waals surface area contributed by atoms with E-state index < -0.39 is 52.0 Å². The SMILES string of the molecule is CC(C)(C)N(C(=O)NCc1ccc(OC(=O)Oc2ccc([N+](=O)[O-])cc2)cc1)[C@@](CCC(=O)O)(C(=O)O)C(C)(C)C. The van der Waals surface area contributed by atoms with Crippen LogP contribution in [0, 0.1) is 15.5 Å². The summed E-state index contributed by atoms with van der Waals surface area (Å²) < 4.78 is 10.1. The minimum atomic E-state index is -1.84. The molecule has 0 bridgehead atoms. The van der Waals surface area contributed by atoms with Gasteiger partial charge in [0.1, 0.15) is 17.0 Å². The van der Waals surface area contributed by atoms with E-state index in [2.05, 4.69) is 5.32 Å². The van der Waals surface area contributed by atoms with Crippen LogP contribution in [0.2, 0.25) is 0 Å². The number of amides is 2. The van der Waals surface area contributed by atoms with Crippen LogP contribution < -0.4 is 14.8 Å². The van der Waals surface area contributed by atoms with Crippen molar-refractivity contribution in [1.82, 2.24) is 10.2 Å². The molecule has 3 N–H and O–H groups in total. The molecule has 0 saturated heterocycles. The third-order valence-electron chi connectivity index (χ3n) is 6.37. The molecule has 0 unspecified atom stereocenters. The number of nitrogens with zero attached hydrogens (tertiary/aromatic N) is 2. The number of hydrogen-bond acceptors (Lipinski definition) is 8. The maximum atomic E-state index is 13.5. The smallest absolute Gasteiger partial charge is 0.481 e. The maximum Gasteiger partial charge on any atom is 0.519 e. The lowest BCUT2D eigenvalue weighted by Crippen LogP contribution is -2.70. The number of ether oxygens (including phenoxy) is 2. The highest BCUT2D eigenvalue weighted by Gasteiger charge is 2.58. The number of carboxylic acids is 2. The van der Waals surface area contributed by atoms with E-state index in [4.69, 9.17) is 9.47 Å². The first kappa shape index (κ1) is 32.5. The van der Waals surface area contributed by atoms with Crippen molar-refractivity contribution < 1.29 is 43.8 Å². The van der Waals surface area contributed by atoms with Crippen molar-refractivity contribution in [3.05, 3.63) is 64.2 Å². The Kier molecular flexibility index (Phi) is 10.0. The number of carbonyl (C=O) groups is 4. The number of rotatable bonds is 10. The van der Waals surface area contributed by atoms with Gasteiger partial charge >= 0.3 is 24.1 Å². The molecule has 2 amide bonds. The van der Waals surface area contributed by atoms with E-state index in [1.807, 2.05) is 0 Å². The van der Waals surface area contributed by atoms with E-state index in [9.17, 15) is 39.5 Å². The van der Waals surface area contributed by atoms with Crippen LogP contribution in [0.25, 0.3) is 0 Å². The van der Waals surface area contributed by atoms with E-state index in [0.717, 1.165) is 0 Å². The predicted octanol–water partition coefficient (Wildman–Crippen LogP) is 5.22. The average molecular weight is 574 g/mol. The van der Waals surface area contributed by atoms with Crippen molar-refractivity contribution in [3.8, 4) is 11.5 Å². The Morgan fingerprint density at radius 1 is 0.878 bits per heavy atom. The largest absolute Gasteiger partial charge is 0.519 e. The highest BCUT2D eigenvalue weighted by molar-refractivity contribution is 5.88. The molecule has 0 aromatic heterocycles. The van der Waals surface area contributed by atoms with Crippen molar-refractivity contribution in [3.63, 3.8) is 0 Å². The first-order valence-electron chi connectivity index (χ1n) is 12.6. The molecule has 0 aliphatic heterocycles. The Morgan fingerprint density at radius 3 is 1.76 bits per heavy atom. The second-order valence-electron chi connectivity index (χ2n) is 11.3. The van der Waals surface area contributed by atoms with Crippen molar-refractivity contribution in [1.29, 1.82) is 0 Å². The summed E-state index contributed by atoms with van der Waals surface area (Å²) in [4.78, 5) is 61.1. The van der Waals surface area contributed by atoms with Gasteiger partial charge in [-0.05, 0) is 62.4 Å². The molecule has 2 aromatic rings. The summed E-state index contributed by atoms with van der Waals surface area (Å²) in [6, 6.07) is 10.3. The summed E-state index contributed by atoms with van der Waals surface area (Å²) >= 11 is 0. The number of aliphatic carboxylic acids is 2. The van der Waals surface area contributed by atoms with Crippen LogP contribution in [0.5, 0.6) is 11.5 Å². The molecule has 2 aromatic carbocycles. The van der Waals surface area contributed by atoms with Gasteiger partial charge in [-0.1, -0.05) is 32.9 Å². The van der Waals surface area contributed by atoms with Gasteiger partial charge in [-0.3, -0.25) is 14.9 Å². The molecule has 0 aliphatic rings. The Balaban J connectivity index is 2.15. The minimum absolute atomic E-state index is 0.00227. The Bertz CT molecular complexity index is 1280. The number of benzene rings is 2. The first-order chi connectivity index (χ1) is 18.9. The van der Waals surface area contributed by atoms with Gasteiger partial charge in [0.15, 0.2) is 0 Å². The third-order valence-corrected chi connectivity index (χ3v) is 6.37. The van der Waals surface area contributed by atoms with Crippen LogP contribution in [0.15, 0.2) is 48.5 Å². The fourth-order valence-electron chi connectivity index (χ4n) is 4.47. The monoisotopic (exact) mass is 573 g/mol. The van der Waals surface area contributed by atoms with E-state index in [-0.39, 0.29) is 30.2 Å². The molecule has 0 aliphatic carbocycles. The average Bonchev–Trinajstić information content (AvgIpc) is 2.84. The maximum absolute atomic E-state index is 13.5. The molecule has 222 valence electrons. The first-order valence-corrected chi connectivity index (χ1v) is 12.6. The van der Waals surface area contributed by atoms with Gasteiger partial charge in [0.05, 0.1) is 4.92 Å². The van der Waals surface area contributed by atoms with Gasteiger partial charge in [0.25, 0.3) is 5.69 Å². The van der Waals surface area contributed by atoms with Gasteiger partial charge in [-0.2, -0.15) is 0 Å². The third kappa shape index (κ3) is 8.16. The summed E-state index contributed by atoms with van der Waals surface area (Å²) in [5.74, 6) is -2.29. The summed E-state index contributed by atoms with van der Waals surface area (Å²) in [7, 11) is 0. The van der Waals surface area contributed by atoms with Crippen LogP contribution in [0.1, 0.15) is 59.9 Å². The molecular formula is C28H35N3O10. The summed E-state index contributed by atoms with van der Waals surface area (Å²) in [5, 5.41) is 33.1. The zero-order valence-corrected chi connectivity index (χ0v) is 23.8. The zero-order valence-electron chi connectivity index (χ0n) is 23.8. The molecule has 41 heavy (non-hydrogen) atoms. The second kappa shape index (κ2) is 12.7. The number of urea groups is 1. The Labute approximate surface area is 237 Å². The predicted molar refractivity (Wildman–Crippen MR) is 147 cm³/mol. The molecule has 2 rings (SSSR count). The highest BCUT2D eigenvalue weighted by atomic mass is 16.7. The van der Waals surface area contributed by atoms with E-state index in [1.165, 1.54) is 41.3 Å². The van der Waals surface area contributed by atoms with Crippen LogP contribution in [-0.4, -0.2) is 55.2 Å². The van der Waals surface area contributed by atoms with Crippen molar-refractivity contribution in [2.45, 2.75) is 72.0 Å². The Morgan fingerprint density at radius 2 is 1.37 bits per heavy atom. The quantitative estimate of drug-likeness (QED) is 0.147. The molecule has 0 heterocycles. The standard InChI is InChI=1S/C28H35N3O10/c1-26(2,3)28(23(34)35,16-15-22(32)33)30(27(4,5)6)24(36)29-17-18-7-11-20(12-8-18)40-25(37)41-21-13-9-19(10-14-21)31(38)39/h7-14H,15-17H2,1-6H3,(H,29,36)(H,32,33)(H,34,35)/t28-/m0/s1. The topological polar surface area (TPSA) is 186 Å². The number of nitrogens with one attached hydrogen (secondary N) is 1. The summed E-state index contributed by atoms with van der Waals surface area (Å²) in [5.41, 5.74) is -3.41. The number of non-ortho nitro benzene ring substituents is 1. The molecule has 0 spiro atoms. The van der Waals surface area contributed by atoms with Crippen LogP contribution >= 0.6 is 0 Å². The normalized spacial score (nSPS) is 12.9. The van der Waals surface area contributed by atoms with Crippen LogP contribution in [-0.2, 0) is 16.1 Å². The number of nitro groups is 1. The van der Waals surface area contributed by atoms with Crippen molar-refractivity contribution in [2.75, 3.05) is 0 Å². The molecule has 13 heteroatoms.